The van der Waals surface area contributed by atoms with Crippen molar-refractivity contribution in [3.05, 3.63) is 65.9 Å². The standard InChI is InChI=1S/C22H23N3O3/c26-21(24-18-5-3-11-23-14-18)12-15-7-9-17(10-8-15)25-22(27)20-13-16-4-1-2-6-19(16)28-20/h1-2,4,6-10,13,18,23H,3,5,11-12,14H2,(H,24,26)(H,25,27). The molecule has 1 aliphatic rings. The Balaban J connectivity index is 1.33. The van der Waals surface area contributed by atoms with E-state index in [0.717, 1.165) is 36.9 Å². The maximum atomic E-state index is 12.4. The molecule has 6 heteroatoms. The van der Waals surface area contributed by atoms with Crippen LogP contribution in [0.1, 0.15) is 29.0 Å². The molecule has 0 aliphatic carbocycles. The molecule has 1 aromatic heterocycles. The Labute approximate surface area is 163 Å². The Morgan fingerprint density at radius 1 is 1.11 bits per heavy atom. The van der Waals surface area contributed by atoms with Crippen LogP contribution in [0.15, 0.2) is 59.0 Å². The summed E-state index contributed by atoms with van der Waals surface area (Å²) in [6.07, 6.45) is 2.43. The van der Waals surface area contributed by atoms with Gasteiger partial charge in [0.1, 0.15) is 5.58 Å². The van der Waals surface area contributed by atoms with Gasteiger partial charge in [0.05, 0.1) is 6.42 Å². The number of amides is 2. The number of benzene rings is 2. The van der Waals surface area contributed by atoms with Crippen LogP contribution >= 0.6 is 0 Å². The number of anilines is 1. The highest BCUT2D eigenvalue weighted by Gasteiger charge is 2.16. The van der Waals surface area contributed by atoms with Crippen molar-refractivity contribution < 1.29 is 14.0 Å². The van der Waals surface area contributed by atoms with Crippen molar-refractivity contribution in [1.29, 1.82) is 0 Å². The molecule has 1 atom stereocenters. The Morgan fingerprint density at radius 3 is 2.68 bits per heavy atom. The van der Waals surface area contributed by atoms with Crippen molar-refractivity contribution in [3.8, 4) is 0 Å². The second kappa shape index (κ2) is 8.27. The molecule has 1 aliphatic heterocycles. The summed E-state index contributed by atoms with van der Waals surface area (Å²) in [6, 6.07) is 16.7. The first-order valence-corrected chi connectivity index (χ1v) is 9.56. The van der Waals surface area contributed by atoms with E-state index in [1.807, 2.05) is 36.4 Å². The van der Waals surface area contributed by atoms with Gasteiger partial charge in [-0.3, -0.25) is 9.59 Å². The smallest absolute Gasteiger partial charge is 0.291 e. The molecule has 0 bridgehead atoms. The lowest BCUT2D eigenvalue weighted by Crippen LogP contribution is -2.46. The normalized spacial score (nSPS) is 16.6. The minimum absolute atomic E-state index is 0.0211. The summed E-state index contributed by atoms with van der Waals surface area (Å²) < 4.78 is 5.58. The van der Waals surface area contributed by atoms with E-state index < -0.39 is 0 Å². The van der Waals surface area contributed by atoms with Crippen molar-refractivity contribution in [3.63, 3.8) is 0 Å². The highest BCUT2D eigenvalue weighted by Crippen LogP contribution is 2.20. The molecule has 3 aromatic rings. The maximum Gasteiger partial charge on any atom is 0.291 e. The van der Waals surface area contributed by atoms with Crippen molar-refractivity contribution in [2.24, 2.45) is 0 Å². The first-order chi connectivity index (χ1) is 13.7. The number of carbonyl (C=O) groups is 2. The molecule has 2 amide bonds. The first kappa shape index (κ1) is 18.3. The molecule has 0 radical (unpaired) electrons. The largest absolute Gasteiger partial charge is 0.451 e. The van der Waals surface area contributed by atoms with Crippen LogP contribution in [0.2, 0.25) is 0 Å². The fraction of sp³-hybridized carbons (Fsp3) is 0.273. The van der Waals surface area contributed by atoms with Gasteiger partial charge in [-0.05, 0) is 49.2 Å². The van der Waals surface area contributed by atoms with Gasteiger partial charge in [-0.25, -0.2) is 0 Å². The monoisotopic (exact) mass is 377 g/mol. The molecular weight excluding hydrogens is 354 g/mol. The van der Waals surface area contributed by atoms with E-state index in [4.69, 9.17) is 4.42 Å². The van der Waals surface area contributed by atoms with Gasteiger partial charge in [-0.2, -0.15) is 0 Å². The van der Waals surface area contributed by atoms with Crippen LogP contribution in [-0.2, 0) is 11.2 Å². The number of hydrogen-bond donors (Lipinski definition) is 3. The molecule has 6 nitrogen and oxygen atoms in total. The topological polar surface area (TPSA) is 83.4 Å². The summed E-state index contributed by atoms with van der Waals surface area (Å²) in [5.41, 5.74) is 2.25. The zero-order valence-electron chi connectivity index (χ0n) is 15.5. The highest BCUT2D eigenvalue weighted by molar-refractivity contribution is 6.04. The van der Waals surface area contributed by atoms with E-state index in [1.54, 1.807) is 18.2 Å². The Bertz CT molecular complexity index is 939. The lowest BCUT2D eigenvalue weighted by molar-refractivity contribution is -0.121. The number of carbonyl (C=O) groups excluding carboxylic acids is 2. The molecule has 144 valence electrons. The number of rotatable bonds is 5. The molecule has 2 aromatic carbocycles. The molecule has 1 fully saturated rings. The molecule has 1 saturated heterocycles. The number of fused-ring (bicyclic) bond motifs is 1. The molecule has 0 saturated carbocycles. The number of para-hydroxylation sites is 1. The molecule has 2 heterocycles. The van der Waals surface area contributed by atoms with Crippen LogP contribution < -0.4 is 16.0 Å². The zero-order chi connectivity index (χ0) is 19.3. The third-order valence-corrected chi connectivity index (χ3v) is 4.89. The quantitative estimate of drug-likeness (QED) is 0.638. The Kier molecular flexibility index (Phi) is 5.39. The molecule has 1 unspecified atom stereocenters. The maximum absolute atomic E-state index is 12.4. The van der Waals surface area contributed by atoms with Gasteiger partial charge in [-0.15, -0.1) is 0 Å². The predicted molar refractivity (Wildman–Crippen MR) is 108 cm³/mol. The van der Waals surface area contributed by atoms with Crippen LogP contribution in [0.4, 0.5) is 5.69 Å². The van der Waals surface area contributed by atoms with Crippen molar-refractivity contribution in [2.45, 2.75) is 25.3 Å². The predicted octanol–water partition coefficient (Wildman–Crippen LogP) is 3.10. The van der Waals surface area contributed by atoms with E-state index >= 15 is 0 Å². The van der Waals surface area contributed by atoms with Crippen molar-refractivity contribution >= 4 is 28.5 Å². The molecule has 0 spiro atoms. The van der Waals surface area contributed by atoms with E-state index in [-0.39, 0.29) is 23.6 Å². The minimum Gasteiger partial charge on any atom is -0.451 e. The third kappa shape index (κ3) is 4.40. The number of hydrogen-bond acceptors (Lipinski definition) is 4. The van der Waals surface area contributed by atoms with E-state index in [1.165, 1.54) is 0 Å². The van der Waals surface area contributed by atoms with Crippen LogP contribution in [0, 0.1) is 0 Å². The number of nitrogens with one attached hydrogen (secondary N) is 3. The van der Waals surface area contributed by atoms with Gasteiger partial charge >= 0.3 is 0 Å². The summed E-state index contributed by atoms with van der Waals surface area (Å²) >= 11 is 0. The second-order valence-corrected chi connectivity index (χ2v) is 7.09. The van der Waals surface area contributed by atoms with Crippen molar-refractivity contribution in [2.75, 3.05) is 18.4 Å². The van der Waals surface area contributed by atoms with Crippen LogP contribution in [-0.4, -0.2) is 30.9 Å². The summed E-state index contributed by atoms with van der Waals surface area (Å²) in [7, 11) is 0. The Hall–Kier alpha value is -3.12. The van der Waals surface area contributed by atoms with Gasteiger partial charge < -0.3 is 20.4 Å². The molecule has 3 N–H and O–H groups in total. The third-order valence-electron chi connectivity index (χ3n) is 4.89. The minimum atomic E-state index is -0.300. The van der Waals surface area contributed by atoms with Gasteiger partial charge in [0.2, 0.25) is 5.91 Å². The van der Waals surface area contributed by atoms with Crippen LogP contribution in [0.3, 0.4) is 0 Å². The summed E-state index contributed by atoms with van der Waals surface area (Å²) in [4.78, 5) is 24.6. The fourth-order valence-electron chi connectivity index (χ4n) is 3.43. The summed E-state index contributed by atoms with van der Waals surface area (Å²) in [5, 5.41) is 10.1. The number of piperidine rings is 1. The van der Waals surface area contributed by atoms with E-state index in [9.17, 15) is 9.59 Å². The van der Waals surface area contributed by atoms with E-state index in [0.29, 0.717) is 17.7 Å². The fourth-order valence-corrected chi connectivity index (χ4v) is 3.43. The highest BCUT2D eigenvalue weighted by atomic mass is 16.3. The van der Waals surface area contributed by atoms with Gasteiger partial charge in [0.25, 0.3) is 5.91 Å². The second-order valence-electron chi connectivity index (χ2n) is 7.09. The van der Waals surface area contributed by atoms with Crippen LogP contribution in [0.5, 0.6) is 0 Å². The van der Waals surface area contributed by atoms with E-state index in [2.05, 4.69) is 16.0 Å². The van der Waals surface area contributed by atoms with Gasteiger partial charge in [-0.1, -0.05) is 30.3 Å². The average molecular weight is 377 g/mol. The summed E-state index contributed by atoms with van der Waals surface area (Å²) in [6.45, 7) is 1.85. The SMILES string of the molecule is O=C(Cc1ccc(NC(=O)c2cc3ccccc3o2)cc1)NC1CCCNC1. The lowest BCUT2D eigenvalue weighted by Gasteiger charge is -2.23. The van der Waals surface area contributed by atoms with Crippen molar-refractivity contribution in [1.82, 2.24) is 10.6 Å². The lowest BCUT2D eigenvalue weighted by atomic mass is 10.1. The molecule has 4 rings (SSSR count). The zero-order valence-corrected chi connectivity index (χ0v) is 15.5. The first-order valence-electron chi connectivity index (χ1n) is 9.56. The summed E-state index contributed by atoms with van der Waals surface area (Å²) in [5.74, 6) is -0.00926. The molecule has 28 heavy (non-hydrogen) atoms. The molecular formula is C22H23N3O3. The Morgan fingerprint density at radius 2 is 1.93 bits per heavy atom. The number of furan rings is 1. The van der Waals surface area contributed by atoms with Crippen LogP contribution in [0.25, 0.3) is 11.0 Å². The van der Waals surface area contributed by atoms with Gasteiger partial charge in [0.15, 0.2) is 5.76 Å². The average Bonchev–Trinajstić information content (AvgIpc) is 3.15. The van der Waals surface area contributed by atoms with Gasteiger partial charge in [0, 0.05) is 23.7 Å².